The fraction of sp³-hybridized carbons (Fsp3) is 0.0370. The molecule has 0 atom stereocenters. The fourth-order valence-electron chi connectivity index (χ4n) is 3.31. The second kappa shape index (κ2) is 11.9. The van der Waals surface area contributed by atoms with Gasteiger partial charge < -0.3 is 10.1 Å². The van der Waals surface area contributed by atoms with Gasteiger partial charge in [0.15, 0.2) is 5.82 Å². The van der Waals surface area contributed by atoms with Crippen molar-refractivity contribution in [3.05, 3.63) is 122 Å². The summed E-state index contributed by atoms with van der Waals surface area (Å²) < 4.78 is 0. The maximum absolute atomic E-state index is 10.9. The summed E-state index contributed by atoms with van der Waals surface area (Å²) in [5, 5.41) is 11.4. The number of halogens is 3. The molecule has 0 spiro atoms. The van der Waals surface area contributed by atoms with Crippen LogP contribution in [-0.4, -0.2) is 25.0 Å². The third kappa shape index (κ3) is 6.36. The van der Waals surface area contributed by atoms with E-state index in [9.17, 15) is 9.90 Å². The van der Waals surface area contributed by atoms with Crippen molar-refractivity contribution in [2.24, 2.45) is 0 Å². The standard InChI is InChI=1S/C17H12Cl2N2O.C10H7ClN2O/c18-13-7-5-11(6-8-13)17-20-9-12(10-22)16(21-17)14-3-1-2-4-15(14)19;11-8-3-1-7(2-4-8)9-5-6-12-10(14)13-9/h1-9,22H,10H2;1-6H,(H,12,13,14). The first-order valence-electron chi connectivity index (χ1n) is 10.7. The molecule has 2 heterocycles. The second-order valence-corrected chi connectivity index (χ2v) is 8.79. The molecule has 0 unspecified atom stereocenters. The van der Waals surface area contributed by atoms with E-state index in [4.69, 9.17) is 34.8 Å². The maximum atomic E-state index is 10.9. The van der Waals surface area contributed by atoms with Crippen LogP contribution in [0.25, 0.3) is 33.9 Å². The molecule has 3 aromatic carbocycles. The van der Waals surface area contributed by atoms with E-state index in [0.717, 1.165) is 22.4 Å². The van der Waals surface area contributed by atoms with E-state index in [1.165, 1.54) is 6.20 Å². The van der Waals surface area contributed by atoms with Gasteiger partial charge in [-0.15, -0.1) is 0 Å². The molecule has 0 fully saturated rings. The number of H-pyrrole nitrogens is 1. The van der Waals surface area contributed by atoms with Crippen molar-refractivity contribution in [3.63, 3.8) is 0 Å². The van der Waals surface area contributed by atoms with E-state index < -0.39 is 0 Å². The summed E-state index contributed by atoms with van der Waals surface area (Å²) in [7, 11) is 0. The molecule has 0 aliphatic carbocycles. The molecule has 0 aliphatic heterocycles. The highest BCUT2D eigenvalue weighted by molar-refractivity contribution is 6.33. The summed E-state index contributed by atoms with van der Waals surface area (Å²) in [6.45, 7) is -0.151. The minimum absolute atomic E-state index is 0.151. The van der Waals surface area contributed by atoms with Gasteiger partial charge in [-0.05, 0) is 54.1 Å². The first-order chi connectivity index (χ1) is 17.4. The molecule has 0 saturated carbocycles. The molecule has 0 aliphatic rings. The monoisotopic (exact) mass is 536 g/mol. The zero-order valence-electron chi connectivity index (χ0n) is 18.7. The molecule has 5 aromatic rings. The number of hydrogen-bond donors (Lipinski definition) is 2. The lowest BCUT2D eigenvalue weighted by Crippen LogP contribution is -2.09. The number of benzene rings is 3. The molecule has 2 N–H and O–H groups in total. The molecule has 9 heteroatoms. The van der Waals surface area contributed by atoms with Crippen LogP contribution in [0.3, 0.4) is 0 Å². The van der Waals surface area contributed by atoms with Gasteiger partial charge in [-0.25, -0.2) is 19.7 Å². The zero-order chi connectivity index (χ0) is 25.5. The van der Waals surface area contributed by atoms with Crippen LogP contribution in [0.1, 0.15) is 5.56 Å². The van der Waals surface area contributed by atoms with Crippen LogP contribution >= 0.6 is 34.8 Å². The van der Waals surface area contributed by atoms with Gasteiger partial charge in [-0.2, -0.15) is 0 Å². The minimum atomic E-state index is -0.350. The average molecular weight is 538 g/mol. The lowest BCUT2D eigenvalue weighted by atomic mass is 10.1. The number of nitrogens with one attached hydrogen (secondary N) is 1. The summed E-state index contributed by atoms with van der Waals surface area (Å²) in [6, 6.07) is 23.6. The van der Waals surface area contributed by atoms with Gasteiger partial charge in [0, 0.05) is 44.2 Å². The molecule has 0 radical (unpaired) electrons. The predicted molar refractivity (Wildman–Crippen MR) is 144 cm³/mol. The third-order valence-corrected chi connectivity index (χ3v) is 5.93. The first-order valence-corrected chi connectivity index (χ1v) is 11.9. The van der Waals surface area contributed by atoms with Crippen molar-refractivity contribution in [2.45, 2.75) is 6.61 Å². The predicted octanol–water partition coefficient (Wildman–Crippen LogP) is 6.70. The number of aromatic amines is 1. The Morgan fingerprint density at radius 1 is 0.778 bits per heavy atom. The van der Waals surface area contributed by atoms with Gasteiger partial charge in [0.2, 0.25) is 0 Å². The summed E-state index contributed by atoms with van der Waals surface area (Å²) >= 11 is 17.9. The van der Waals surface area contributed by atoms with Crippen LogP contribution < -0.4 is 5.69 Å². The highest BCUT2D eigenvalue weighted by atomic mass is 35.5. The average Bonchev–Trinajstić information content (AvgIpc) is 2.90. The molecule has 0 amide bonds. The van der Waals surface area contributed by atoms with Crippen molar-refractivity contribution >= 4 is 34.8 Å². The SMILES string of the molecule is O=c1nccc(-c2ccc(Cl)cc2)[nH]1.OCc1cnc(-c2ccc(Cl)cc2)nc1-c1ccccc1Cl. The van der Waals surface area contributed by atoms with Crippen molar-refractivity contribution in [1.29, 1.82) is 0 Å². The normalized spacial score (nSPS) is 10.4. The van der Waals surface area contributed by atoms with E-state index in [-0.39, 0.29) is 12.3 Å². The fourth-order valence-corrected chi connectivity index (χ4v) is 3.79. The topological polar surface area (TPSA) is 91.8 Å². The molecule has 6 nitrogen and oxygen atoms in total. The number of hydrogen-bond acceptors (Lipinski definition) is 5. The molecule has 180 valence electrons. The minimum Gasteiger partial charge on any atom is -0.392 e. The van der Waals surface area contributed by atoms with Gasteiger partial charge in [0.25, 0.3) is 0 Å². The van der Waals surface area contributed by atoms with Crippen molar-refractivity contribution in [3.8, 4) is 33.9 Å². The Morgan fingerprint density at radius 3 is 2.03 bits per heavy atom. The summed E-state index contributed by atoms with van der Waals surface area (Å²) in [6.07, 6.45) is 3.10. The van der Waals surface area contributed by atoms with Gasteiger partial charge in [-0.1, -0.05) is 65.1 Å². The highest BCUT2D eigenvalue weighted by Crippen LogP contribution is 2.30. The number of nitrogens with zero attached hydrogens (tertiary/aromatic N) is 3. The molecular weight excluding hydrogens is 519 g/mol. The van der Waals surface area contributed by atoms with Crippen LogP contribution in [0, 0.1) is 0 Å². The molecule has 0 saturated heterocycles. The number of aromatic nitrogens is 4. The van der Waals surface area contributed by atoms with Crippen molar-refractivity contribution < 1.29 is 5.11 Å². The third-order valence-electron chi connectivity index (χ3n) is 5.10. The quantitative estimate of drug-likeness (QED) is 0.266. The largest absolute Gasteiger partial charge is 0.392 e. The van der Waals surface area contributed by atoms with E-state index >= 15 is 0 Å². The number of aliphatic hydroxyl groups excluding tert-OH is 1. The Hall–Kier alpha value is -3.55. The summed E-state index contributed by atoms with van der Waals surface area (Å²) in [5.74, 6) is 0.559. The molecule has 5 rings (SSSR count). The van der Waals surface area contributed by atoms with E-state index in [1.807, 2.05) is 42.5 Å². The van der Waals surface area contributed by atoms with Crippen molar-refractivity contribution in [2.75, 3.05) is 0 Å². The van der Waals surface area contributed by atoms with Gasteiger partial charge in [0.05, 0.1) is 18.0 Å². The van der Waals surface area contributed by atoms with E-state index in [2.05, 4.69) is 19.9 Å². The Labute approximate surface area is 222 Å². The lowest BCUT2D eigenvalue weighted by molar-refractivity contribution is 0.281. The number of aliphatic hydroxyl groups is 1. The lowest BCUT2D eigenvalue weighted by Gasteiger charge is -2.10. The Balaban J connectivity index is 0.000000187. The molecular formula is C27H19Cl3N4O2. The first kappa shape index (κ1) is 25.5. The summed E-state index contributed by atoms with van der Waals surface area (Å²) in [4.78, 5) is 26.0. The smallest absolute Gasteiger partial charge is 0.345 e. The summed E-state index contributed by atoms with van der Waals surface area (Å²) in [5.41, 5.74) is 4.18. The van der Waals surface area contributed by atoms with Crippen LogP contribution in [0.15, 0.2) is 96.1 Å². The molecule has 2 aromatic heterocycles. The van der Waals surface area contributed by atoms with Crippen molar-refractivity contribution in [1.82, 2.24) is 19.9 Å². The zero-order valence-corrected chi connectivity index (χ0v) is 21.0. The van der Waals surface area contributed by atoms with E-state index in [1.54, 1.807) is 42.6 Å². The van der Waals surface area contributed by atoms with Crippen LogP contribution in [0.2, 0.25) is 15.1 Å². The van der Waals surface area contributed by atoms with Gasteiger partial charge >= 0.3 is 5.69 Å². The molecule has 0 bridgehead atoms. The number of rotatable bonds is 4. The van der Waals surface area contributed by atoms with Crippen LogP contribution in [-0.2, 0) is 6.61 Å². The van der Waals surface area contributed by atoms with Gasteiger partial charge in [0.1, 0.15) is 0 Å². The maximum Gasteiger partial charge on any atom is 0.345 e. The highest BCUT2D eigenvalue weighted by Gasteiger charge is 2.13. The van der Waals surface area contributed by atoms with Gasteiger partial charge in [-0.3, -0.25) is 0 Å². The Kier molecular flexibility index (Phi) is 8.46. The Bertz CT molecular complexity index is 1520. The second-order valence-electron chi connectivity index (χ2n) is 7.51. The Morgan fingerprint density at radius 2 is 1.42 bits per heavy atom. The van der Waals surface area contributed by atoms with E-state index in [0.29, 0.717) is 32.1 Å². The molecule has 36 heavy (non-hydrogen) atoms. The van der Waals surface area contributed by atoms with Crippen LogP contribution in [0.5, 0.6) is 0 Å². The van der Waals surface area contributed by atoms with Crippen LogP contribution in [0.4, 0.5) is 0 Å².